The minimum absolute atomic E-state index is 0.198. The van der Waals surface area contributed by atoms with Gasteiger partial charge in [-0.25, -0.2) is 0 Å². The Hall–Kier alpha value is -1.06. The van der Waals surface area contributed by atoms with Gasteiger partial charge in [0.2, 0.25) is 0 Å². The number of esters is 2. The van der Waals surface area contributed by atoms with Crippen LogP contribution < -0.4 is 0 Å². The third-order valence-corrected chi connectivity index (χ3v) is 2.15. The average molecular weight is 156 g/mol. The van der Waals surface area contributed by atoms with Crippen LogP contribution in [0.1, 0.15) is 19.8 Å². The highest BCUT2D eigenvalue weighted by molar-refractivity contribution is 5.80. The summed E-state index contributed by atoms with van der Waals surface area (Å²) in [5, 5.41) is 0. The predicted octanol–water partition coefficient (Wildman–Crippen LogP) is 0.00750. The molecule has 2 aliphatic heterocycles. The van der Waals surface area contributed by atoms with Gasteiger partial charge >= 0.3 is 11.9 Å². The highest BCUT2D eigenvalue weighted by atomic mass is 16.6. The van der Waals surface area contributed by atoms with Crippen LogP contribution in [-0.4, -0.2) is 23.6 Å². The zero-order valence-electron chi connectivity index (χ0n) is 6.12. The first-order chi connectivity index (χ1) is 5.10. The molecule has 4 heteroatoms. The molecule has 2 aliphatic rings. The van der Waals surface area contributed by atoms with Crippen LogP contribution in [0.25, 0.3) is 0 Å². The van der Waals surface area contributed by atoms with Crippen molar-refractivity contribution >= 4 is 11.9 Å². The van der Waals surface area contributed by atoms with E-state index in [0.717, 1.165) is 0 Å². The molecule has 0 amide bonds. The lowest BCUT2D eigenvalue weighted by Crippen LogP contribution is -2.30. The molecule has 0 bridgehead atoms. The molecule has 0 saturated carbocycles. The van der Waals surface area contributed by atoms with E-state index in [-0.39, 0.29) is 30.9 Å². The Kier molecular flexibility index (Phi) is 1.06. The fourth-order valence-corrected chi connectivity index (χ4v) is 1.54. The molecular formula is C7H8O4. The van der Waals surface area contributed by atoms with Gasteiger partial charge in [-0.3, -0.25) is 9.59 Å². The van der Waals surface area contributed by atoms with Crippen molar-refractivity contribution in [2.75, 3.05) is 0 Å². The SMILES string of the molecule is CC12CC(=O)OC1CC(=O)O2. The first kappa shape index (κ1) is 6.64. The minimum Gasteiger partial charge on any atom is -0.457 e. The van der Waals surface area contributed by atoms with Crippen molar-refractivity contribution in [3.05, 3.63) is 0 Å². The van der Waals surface area contributed by atoms with Gasteiger partial charge in [0.15, 0.2) is 11.7 Å². The summed E-state index contributed by atoms with van der Waals surface area (Å²) in [4.78, 5) is 21.5. The number of rotatable bonds is 0. The maximum Gasteiger partial charge on any atom is 0.310 e. The lowest BCUT2D eigenvalue weighted by Gasteiger charge is -2.17. The summed E-state index contributed by atoms with van der Waals surface area (Å²) >= 11 is 0. The second kappa shape index (κ2) is 1.75. The van der Waals surface area contributed by atoms with E-state index < -0.39 is 5.60 Å². The molecule has 2 heterocycles. The molecule has 60 valence electrons. The van der Waals surface area contributed by atoms with Gasteiger partial charge < -0.3 is 9.47 Å². The van der Waals surface area contributed by atoms with Crippen molar-refractivity contribution in [1.29, 1.82) is 0 Å². The van der Waals surface area contributed by atoms with E-state index in [9.17, 15) is 9.59 Å². The molecule has 0 aromatic rings. The quantitative estimate of drug-likeness (QED) is 0.463. The highest BCUT2D eigenvalue weighted by Gasteiger charge is 2.54. The molecule has 0 N–H and O–H groups in total. The monoisotopic (exact) mass is 156 g/mol. The topological polar surface area (TPSA) is 52.6 Å². The van der Waals surface area contributed by atoms with Crippen LogP contribution >= 0.6 is 0 Å². The van der Waals surface area contributed by atoms with Crippen molar-refractivity contribution in [2.45, 2.75) is 31.5 Å². The van der Waals surface area contributed by atoms with Gasteiger partial charge in [-0.15, -0.1) is 0 Å². The fourth-order valence-electron chi connectivity index (χ4n) is 1.54. The van der Waals surface area contributed by atoms with E-state index in [1.807, 2.05) is 0 Å². The number of hydrogen-bond acceptors (Lipinski definition) is 4. The maximum absolute atomic E-state index is 10.8. The van der Waals surface area contributed by atoms with Crippen molar-refractivity contribution in [3.8, 4) is 0 Å². The Morgan fingerprint density at radius 1 is 1.45 bits per heavy atom. The first-order valence-corrected chi connectivity index (χ1v) is 3.51. The van der Waals surface area contributed by atoms with Crippen molar-refractivity contribution < 1.29 is 19.1 Å². The smallest absolute Gasteiger partial charge is 0.310 e. The molecule has 2 rings (SSSR count). The number of hydrogen-bond donors (Lipinski definition) is 0. The number of ether oxygens (including phenoxy) is 2. The van der Waals surface area contributed by atoms with Crippen LogP contribution in [0.3, 0.4) is 0 Å². The van der Waals surface area contributed by atoms with E-state index in [1.165, 1.54) is 0 Å². The van der Waals surface area contributed by atoms with Crippen molar-refractivity contribution in [2.24, 2.45) is 0 Å². The molecule has 2 fully saturated rings. The van der Waals surface area contributed by atoms with Crippen LogP contribution in [0.2, 0.25) is 0 Å². The Balaban J connectivity index is 2.25. The highest BCUT2D eigenvalue weighted by Crippen LogP contribution is 2.37. The summed E-state index contributed by atoms with van der Waals surface area (Å²) < 4.78 is 9.83. The molecule has 11 heavy (non-hydrogen) atoms. The third-order valence-electron chi connectivity index (χ3n) is 2.15. The third kappa shape index (κ3) is 0.818. The van der Waals surface area contributed by atoms with Gasteiger partial charge in [0.1, 0.15) is 0 Å². The standard InChI is InChI=1S/C7H8O4/c1-7-3-6(9)10-4(7)2-5(8)11-7/h4H,2-3H2,1H3. The molecular weight excluding hydrogens is 148 g/mol. The zero-order chi connectivity index (χ0) is 8.06. The summed E-state index contributed by atoms with van der Waals surface area (Å²) in [7, 11) is 0. The van der Waals surface area contributed by atoms with Gasteiger partial charge in [0.25, 0.3) is 0 Å². The van der Waals surface area contributed by atoms with Gasteiger partial charge in [-0.1, -0.05) is 0 Å². The molecule has 2 saturated heterocycles. The normalized spacial score (nSPS) is 41.7. The molecule has 0 aliphatic carbocycles. The van der Waals surface area contributed by atoms with E-state index in [0.29, 0.717) is 0 Å². The predicted molar refractivity (Wildman–Crippen MR) is 33.6 cm³/mol. The van der Waals surface area contributed by atoms with E-state index in [1.54, 1.807) is 6.92 Å². The molecule has 0 spiro atoms. The maximum atomic E-state index is 10.8. The van der Waals surface area contributed by atoms with E-state index in [4.69, 9.17) is 9.47 Å². The molecule has 0 aromatic carbocycles. The second-order valence-corrected chi connectivity index (χ2v) is 3.15. The zero-order valence-corrected chi connectivity index (χ0v) is 6.12. The van der Waals surface area contributed by atoms with Gasteiger partial charge in [-0.2, -0.15) is 0 Å². The summed E-state index contributed by atoms with van der Waals surface area (Å²) in [5.74, 6) is -0.546. The molecule has 2 unspecified atom stereocenters. The second-order valence-electron chi connectivity index (χ2n) is 3.15. The molecule has 2 atom stereocenters. The fraction of sp³-hybridized carbons (Fsp3) is 0.714. The molecule has 4 nitrogen and oxygen atoms in total. The average Bonchev–Trinajstić information content (AvgIpc) is 2.16. The van der Waals surface area contributed by atoms with E-state index in [2.05, 4.69) is 0 Å². The lowest BCUT2D eigenvalue weighted by molar-refractivity contribution is -0.147. The molecule has 0 aromatic heterocycles. The minimum atomic E-state index is -0.672. The van der Waals surface area contributed by atoms with Crippen molar-refractivity contribution in [3.63, 3.8) is 0 Å². The Morgan fingerprint density at radius 2 is 2.18 bits per heavy atom. The number of carbonyl (C=O) groups is 2. The van der Waals surface area contributed by atoms with E-state index >= 15 is 0 Å². The number of carbonyl (C=O) groups excluding carboxylic acids is 2. The Morgan fingerprint density at radius 3 is 2.82 bits per heavy atom. The van der Waals surface area contributed by atoms with Crippen LogP contribution in [-0.2, 0) is 19.1 Å². The van der Waals surface area contributed by atoms with Crippen LogP contribution in [0.15, 0.2) is 0 Å². The Bertz CT molecular complexity index is 213. The summed E-state index contributed by atoms with van der Waals surface area (Å²) in [5.41, 5.74) is -0.672. The van der Waals surface area contributed by atoms with Gasteiger partial charge in [-0.05, 0) is 6.92 Å². The summed E-state index contributed by atoms with van der Waals surface area (Å²) in [6.45, 7) is 1.73. The van der Waals surface area contributed by atoms with Crippen molar-refractivity contribution in [1.82, 2.24) is 0 Å². The van der Waals surface area contributed by atoms with Crippen LogP contribution in [0.4, 0.5) is 0 Å². The van der Waals surface area contributed by atoms with Gasteiger partial charge in [0.05, 0.1) is 12.8 Å². The van der Waals surface area contributed by atoms with Crippen LogP contribution in [0.5, 0.6) is 0 Å². The largest absolute Gasteiger partial charge is 0.457 e. The summed E-state index contributed by atoms with van der Waals surface area (Å²) in [6, 6.07) is 0. The van der Waals surface area contributed by atoms with Gasteiger partial charge in [0, 0.05) is 0 Å². The summed E-state index contributed by atoms with van der Waals surface area (Å²) in [6.07, 6.45) is 0.0635. The van der Waals surface area contributed by atoms with Crippen LogP contribution in [0, 0.1) is 0 Å². The lowest BCUT2D eigenvalue weighted by atomic mass is 9.99. The number of fused-ring (bicyclic) bond motifs is 1. The Labute approximate surface area is 63.5 Å². The first-order valence-electron chi connectivity index (χ1n) is 3.51. The molecule has 0 radical (unpaired) electrons.